The first-order valence-electron chi connectivity index (χ1n) is 6.29. The van der Waals surface area contributed by atoms with Gasteiger partial charge in [0.2, 0.25) is 0 Å². The van der Waals surface area contributed by atoms with Crippen molar-refractivity contribution in [3.8, 4) is 0 Å². The van der Waals surface area contributed by atoms with Crippen LogP contribution in [0.25, 0.3) is 0 Å². The molecule has 5 N–H and O–H groups in total. The van der Waals surface area contributed by atoms with Gasteiger partial charge in [-0.2, -0.15) is 0 Å². The Labute approximate surface area is 116 Å². The molecule has 0 aliphatic heterocycles. The largest absolute Gasteiger partial charge is 0.480 e. The molecule has 0 saturated heterocycles. The fourth-order valence-electron chi connectivity index (χ4n) is 1.61. The number of hydrogen-bond acceptors (Lipinski definition) is 3. The van der Waals surface area contributed by atoms with Crippen molar-refractivity contribution in [1.29, 1.82) is 0 Å². The van der Waals surface area contributed by atoms with E-state index in [1.54, 1.807) is 0 Å². The van der Waals surface area contributed by atoms with Gasteiger partial charge in [-0.05, 0) is 50.1 Å². The van der Waals surface area contributed by atoms with E-state index in [0.29, 0.717) is 31.5 Å². The molecular formula is C13H18FN3O3. The third kappa shape index (κ3) is 5.66. The van der Waals surface area contributed by atoms with Gasteiger partial charge in [-0.3, -0.25) is 0 Å². The Bertz CT molecular complexity index is 451. The maximum Gasteiger partial charge on any atom is 0.326 e. The van der Waals surface area contributed by atoms with Crippen molar-refractivity contribution in [3.05, 3.63) is 30.1 Å². The summed E-state index contributed by atoms with van der Waals surface area (Å²) >= 11 is 0. The number of carbonyl (C=O) groups is 2. The van der Waals surface area contributed by atoms with Gasteiger partial charge in [-0.25, -0.2) is 14.0 Å². The Kier molecular flexibility index (Phi) is 6.45. The minimum absolute atomic E-state index is 0.309. The lowest BCUT2D eigenvalue weighted by Gasteiger charge is -2.15. The smallest absolute Gasteiger partial charge is 0.326 e. The summed E-state index contributed by atoms with van der Waals surface area (Å²) in [6, 6.07) is 3.56. The van der Waals surface area contributed by atoms with Gasteiger partial charge in [-0.15, -0.1) is 0 Å². The van der Waals surface area contributed by atoms with Gasteiger partial charge in [0.15, 0.2) is 0 Å². The Morgan fingerprint density at radius 1 is 1.25 bits per heavy atom. The molecule has 1 atom stereocenters. The summed E-state index contributed by atoms with van der Waals surface area (Å²) in [4.78, 5) is 22.6. The first kappa shape index (κ1) is 15.9. The third-order valence-corrected chi connectivity index (χ3v) is 2.65. The number of unbranched alkanes of at least 4 members (excludes halogenated alkanes) is 1. The van der Waals surface area contributed by atoms with Crippen molar-refractivity contribution in [2.75, 3.05) is 11.9 Å². The molecule has 0 bridgehead atoms. The standard InChI is InChI=1S/C13H18FN3O3/c14-9-4-6-10(7-5-9)16-13(20)17-11(12(18)19)3-1-2-8-15/h4-7,11H,1-3,8,15H2,(H,18,19)(H2,16,17,20). The maximum absolute atomic E-state index is 12.7. The molecule has 1 aromatic rings. The van der Waals surface area contributed by atoms with E-state index in [1.165, 1.54) is 24.3 Å². The summed E-state index contributed by atoms with van der Waals surface area (Å²) < 4.78 is 12.7. The second-order valence-corrected chi connectivity index (χ2v) is 4.28. The van der Waals surface area contributed by atoms with E-state index < -0.39 is 23.9 Å². The van der Waals surface area contributed by atoms with Gasteiger partial charge in [-0.1, -0.05) is 0 Å². The highest BCUT2D eigenvalue weighted by Gasteiger charge is 2.19. The molecule has 6 nitrogen and oxygen atoms in total. The Balaban J connectivity index is 2.48. The number of aliphatic carboxylic acids is 1. The molecule has 1 rings (SSSR count). The van der Waals surface area contributed by atoms with E-state index in [0.717, 1.165) is 0 Å². The summed E-state index contributed by atoms with van der Waals surface area (Å²) in [7, 11) is 0. The van der Waals surface area contributed by atoms with Crippen molar-refractivity contribution >= 4 is 17.7 Å². The lowest BCUT2D eigenvalue weighted by molar-refractivity contribution is -0.139. The molecule has 1 unspecified atom stereocenters. The van der Waals surface area contributed by atoms with Crippen LogP contribution in [-0.2, 0) is 4.79 Å². The first-order valence-corrected chi connectivity index (χ1v) is 6.29. The molecule has 2 amide bonds. The number of halogens is 1. The average molecular weight is 283 g/mol. The number of carboxylic acid groups (broad SMARTS) is 1. The Hall–Kier alpha value is -2.15. The number of rotatable bonds is 7. The number of carbonyl (C=O) groups excluding carboxylic acids is 1. The van der Waals surface area contributed by atoms with Crippen LogP contribution >= 0.6 is 0 Å². The molecule has 20 heavy (non-hydrogen) atoms. The molecule has 0 saturated carbocycles. The summed E-state index contributed by atoms with van der Waals surface area (Å²) in [6.45, 7) is 0.480. The minimum Gasteiger partial charge on any atom is -0.480 e. The van der Waals surface area contributed by atoms with Gasteiger partial charge >= 0.3 is 12.0 Å². The van der Waals surface area contributed by atoms with Crippen molar-refractivity contribution in [2.45, 2.75) is 25.3 Å². The quantitative estimate of drug-likeness (QED) is 0.569. The van der Waals surface area contributed by atoms with Crippen LogP contribution in [0.3, 0.4) is 0 Å². The Morgan fingerprint density at radius 3 is 2.45 bits per heavy atom. The minimum atomic E-state index is -1.10. The number of urea groups is 1. The van der Waals surface area contributed by atoms with E-state index in [9.17, 15) is 14.0 Å². The monoisotopic (exact) mass is 283 g/mol. The highest BCUT2D eigenvalue weighted by atomic mass is 19.1. The highest BCUT2D eigenvalue weighted by Crippen LogP contribution is 2.08. The third-order valence-electron chi connectivity index (χ3n) is 2.65. The predicted octanol–water partition coefficient (Wildman–Crippen LogP) is 1.53. The maximum atomic E-state index is 12.7. The predicted molar refractivity (Wildman–Crippen MR) is 72.9 cm³/mol. The highest BCUT2D eigenvalue weighted by molar-refractivity contribution is 5.92. The first-order chi connectivity index (χ1) is 9.52. The van der Waals surface area contributed by atoms with Crippen LogP contribution < -0.4 is 16.4 Å². The van der Waals surface area contributed by atoms with Crippen molar-refractivity contribution in [2.24, 2.45) is 5.73 Å². The zero-order valence-corrected chi connectivity index (χ0v) is 10.9. The molecule has 0 radical (unpaired) electrons. The van der Waals surface area contributed by atoms with Crippen LogP contribution in [0.5, 0.6) is 0 Å². The average Bonchev–Trinajstić information content (AvgIpc) is 2.40. The van der Waals surface area contributed by atoms with Gasteiger partial charge in [0, 0.05) is 5.69 Å². The van der Waals surface area contributed by atoms with E-state index in [1.807, 2.05) is 0 Å². The number of benzene rings is 1. The van der Waals surface area contributed by atoms with Gasteiger partial charge < -0.3 is 21.5 Å². The molecule has 0 fully saturated rings. The van der Waals surface area contributed by atoms with Crippen LogP contribution in [0.15, 0.2) is 24.3 Å². The number of anilines is 1. The summed E-state index contributed by atoms with van der Waals surface area (Å²) in [5, 5.41) is 13.8. The van der Waals surface area contributed by atoms with E-state index in [4.69, 9.17) is 10.8 Å². The lowest BCUT2D eigenvalue weighted by atomic mass is 10.1. The van der Waals surface area contributed by atoms with Crippen molar-refractivity contribution in [1.82, 2.24) is 5.32 Å². The van der Waals surface area contributed by atoms with Gasteiger partial charge in [0.05, 0.1) is 0 Å². The molecule has 1 aromatic carbocycles. The molecular weight excluding hydrogens is 265 g/mol. The van der Waals surface area contributed by atoms with Crippen LogP contribution in [0.1, 0.15) is 19.3 Å². The fraction of sp³-hybridized carbons (Fsp3) is 0.385. The number of amides is 2. The number of carboxylic acids is 1. The van der Waals surface area contributed by atoms with E-state index in [2.05, 4.69) is 10.6 Å². The fourth-order valence-corrected chi connectivity index (χ4v) is 1.61. The van der Waals surface area contributed by atoms with Crippen LogP contribution in [-0.4, -0.2) is 29.7 Å². The molecule has 0 heterocycles. The van der Waals surface area contributed by atoms with Crippen LogP contribution in [0, 0.1) is 5.82 Å². The Morgan fingerprint density at radius 2 is 1.90 bits per heavy atom. The molecule has 0 aliphatic carbocycles. The zero-order valence-electron chi connectivity index (χ0n) is 10.9. The number of hydrogen-bond donors (Lipinski definition) is 4. The second kappa shape index (κ2) is 8.11. The van der Waals surface area contributed by atoms with Crippen LogP contribution in [0.2, 0.25) is 0 Å². The number of nitrogens with two attached hydrogens (primary N) is 1. The molecule has 0 spiro atoms. The lowest BCUT2D eigenvalue weighted by Crippen LogP contribution is -2.43. The van der Waals surface area contributed by atoms with Crippen molar-refractivity contribution in [3.63, 3.8) is 0 Å². The summed E-state index contributed by atoms with van der Waals surface area (Å²) in [5.41, 5.74) is 5.71. The summed E-state index contributed by atoms with van der Waals surface area (Å²) in [5.74, 6) is -1.52. The van der Waals surface area contributed by atoms with Gasteiger partial charge in [0.1, 0.15) is 11.9 Å². The topological polar surface area (TPSA) is 104 Å². The normalized spacial score (nSPS) is 11.7. The molecule has 110 valence electrons. The van der Waals surface area contributed by atoms with Crippen LogP contribution in [0.4, 0.5) is 14.9 Å². The summed E-state index contributed by atoms with van der Waals surface area (Å²) in [6.07, 6.45) is 1.62. The van der Waals surface area contributed by atoms with E-state index >= 15 is 0 Å². The number of nitrogens with one attached hydrogen (secondary N) is 2. The second-order valence-electron chi connectivity index (χ2n) is 4.28. The van der Waals surface area contributed by atoms with E-state index in [-0.39, 0.29) is 0 Å². The zero-order chi connectivity index (χ0) is 15.0. The van der Waals surface area contributed by atoms with Crippen molar-refractivity contribution < 1.29 is 19.1 Å². The molecule has 7 heteroatoms. The van der Waals surface area contributed by atoms with Gasteiger partial charge in [0.25, 0.3) is 0 Å². The SMILES string of the molecule is NCCCCC(NC(=O)Nc1ccc(F)cc1)C(=O)O. The molecule has 0 aromatic heterocycles. The molecule has 0 aliphatic rings.